The largest absolute Gasteiger partial charge is 0.496 e. The van der Waals surface area contributed by atoms with Crippen LogP contribution in [0.3, 0.4) is 0 Å². The third kappa shape index (κ3) is 4.46. The Hall–Kier alpha value is -3.67. The second kappa shape index (κ2) is 9.45. The highest BCUT2D eigenvalue weighted by Crippen LogP contribution is 2.37. The molecule has 4 rings (SSSR count). The van der Waals surface area contributed by atoms with Crippen LogP contribution in [0.15, 0.2) is 42.9 Å². The minimum atomic E-state index is -0.832. The van der Waals surface area contributed by atoms with E-state index in [1.807, 2.05) is 0 Å². The number of methoxy groups -OCH3 is 2. The van der Waals surface area contributed by atoms with Crippen LogP contribution in [-0.2, 0) is 11.3 Å². The summed E-state index contributed by atoms with van der Waals surface area (Å²) >= 11 is 6.25. The van der Waals surface area contributed by atoms with Crippen molar-refractivity contribution in [3.63, 3.8) is 0 Å². The molecule has 3 aromatic heterocycles. The third-order valence-electron chi connectivity index (χ3n) is 4.90. The van der Waals surface area contributed by atoms with Crippen molar-refractivity contribution in [1.29, 1.82) is 0 Å². The fraction of sp³-hybridized carbons (Fsp3) is 0.238. The molecule has 0 aliphatic heterocycles. The Morgan fingerprint density at radius 2 is 2.18 bits per heavy atom. The predicted octanol–water partition coefficient (Wildman–Crippen LogP) is 2.10. The monoisotopic (exact) mass is 471 g/mol. The normalized spacial score (nSPS) is 12.1. The number of nitrogens with two attached hydrogens (primary N) is 1. The van der Waals surface area contributed by atoms with E-state index in [1.165, 1.54) is 24.9 Å². The first-order valence-electron chi connectivity index (χ1n) is 9.89. The van der Waals surface area contributed by atoms with Crippen molar-refractivity contribution in [3.8, 4) is 17.0 Å². The molecule has 0 fully saturated rings. The third-order valence-corrected chi connectivity index (χ3v) is 5.13. The van der Waals surface area contributed by atoms with Gasteiger partial charge in [-0.2, -0.15) is 5.10 Å². The van der Waals surface area contributed by atoms with E-state index in [1.54, 1.807) is 41.3 Å². The number of nitrogen functional groups attached to an aromatic ring is 1. The second-order valence-electron chi connectivity index (χ2n) is 7.14. The van der Waals surface area contributed by atoms with Gasteiger partial charge >= 0.3 is 0 Å². The van der Waals surface area contributed by atoms with Gasteiger partial charge in [0.2, 0.25) is 0 Å². The van der Waals surface area contributed by atoms with Crippen LogP contribution >= 0.6 is 11.6 Å². The first-order chi connectivity index (χ1) is 15.9. The van der Waals surface area contributed by atoms with E-state index in [-0.39, 0.29) is 24.5 Å². The number of aromatic nitrogens is 5. The van der Waals surface area contributed by atoms with Crippen molar-refractivity contribution in [1.82, 2.24) is 24.4 Å². The van der Waals surface area contributed by atoms with Crippen LogP contribution in [0.1, 0.15) is 10.4 Å². The van der Waals surface area contributed by atoms with Crippen LogP contribution in [0.25, 0.3) is 16.9 Å². The van der Waals surface area contributed by atoms with Crippen molar-refractivity contribution >= 4 is 34.7 Å². The van der Waals surface area contributed by atoms with E-state index in [0.29, 0.717) is 33.4 Å². The van der Waals surface area contributed by atoms with Gasteiger partial charge in [0.25, 0.3) is 5.91 Å². The summed E-state index contributed by atoms with van der Waals surface area (Å²) in [4.78, 5) is 17.4. The SMILES string of the molecule is COCC(O)Cn1ncc(NC(=O)c2c(N)nn3cccnc23)c1-c1cc(Cl)ccc1OC. The Balaban J connectivity index is 1.78. The van der Waals surface area contributed by atoms with Crippen LogP contribution in [-0.4, -0.2) is 62.3 Å². The number of amides is 1. The number of benzene rings is 1. The molecule has 11 nitrogen and oxygen atoms in total. The molecule has 4 aromatic rings. The van der Waals surface area contributed by atoms with Gasteiger partial charge in [0, 0.05) is 30.1 Å². The molecule has 0 saturated heterocycles. The van der Waals surface area contributed by atoms with Gasteiger partial charge in [-0.05, 0) is 24.3 Å². The van der Waals surface area contributed by atoms with Gasteiger partial charge in [0.1, 0.15) is 11.3 Å². The molecule has 0 aliphatic carbocycles. The lowest BCUT2D eigenvalue weighted by Crippen LogP contribution is -2.22. The molecule has 0 spiro atoms. The van der Waals surface area contributed by atoms with Crippen molar-refractivity contribution in [2.24, 2.45) is 0 Å². The Morgan fingerprint density at radius 3 is 2.94 bits per heavy atom. The van der Waals surface area contributed by atoms with Gasteiger partial charge in [-0.1, -0.05) is 11.6 Å². The number of ether oxygens (including phenoxy) is 2. The molecule has 0 radical (unpaired) electrons. The number of halogens is 1. The lowest BCUT2D eigenvalue weighted by atomic mass is 10.1. The number of aliphatic hydroxyl groups excluding tert-OH is 1. The van der Waals surface area contributed by atoms with E-state index in [9.17, 15) is 9.90 Å². The molecule has 1 aromatic carbocycles. The summed E-state index contributed by atoms with van der Waals surface area (Å²) in [7, 11) is 3.02. The fourth-order valence-electron chi connectivity index (χ4n) is 3.52. The number of fused-ring (bicyclic) bond motifs is 1. The van der Waals surface area contributed by atoms with E-state index in [4.69, 9.17) is 26.8 Å². The van der Waals surface area contributed by atoms with Crippen LogP contribution in [0.5, 0.6) is 5.75 Å². The summed E-state index contributed by atoms with van der Waals surface area (Å²) in [5.74, 6) is 0.0338. The number of hydrogen-bond acceptors (Lipinski definition) is 8. The highest BCUT2D eigenvalue weighted by atomic mass is 35.5. The second-order valence-corrected chi connectivity index (χ2v) is 7.58. The maximum absolute atomic E-state index is 13.2. The van der Waals surface area contributed by atoms with Crippen LogP contribution in [0.2, 0.25) is 5.02 Å². The molecule has 12 heteroatoms. The molecule has 3 heterocycles. The molecule has 4 N–H and O–H groups in total. The van der Waals surface area contributed by atoms with Crippen LogP contribution in [0, 0.1) is 0 Å². The lowest BCUT2D eigenvalue weighted by Gasteiger charge is -2.16. The molecule has 0 saturated carbocycles. The van der Waals surface area contributed by atoms with Gasteiger partial charge in [-0.3, -0.25) is 9.48 Å². The van der Waals surface area contributed by atoms with Gasteiger partial charge in [0.05, 0.1) is 43.9 Å². The molecular formula is C21H22ClN7O4. The van der Waals surface area contributed by atoms with Crippen molar-refractivity contribution in [2.45, 2.75) is 12.6 Å². The number of carbonyl (C=O) groups excluding carboxylic acids is 1. The number of carbonyl (C=O) groups is 1. The minimum Gasteiger partial charge on any atom is -0.496 e. The summed E-state index contributed by atoms with van der Waals surface area (Å²) in [5.41, 5.74) is 7.86. The number of nitrogens with zero attached hydrogens (tertiary/aromatic N) is 5. The van der Waals surface area contributed by atoms with E-state index < -0.39 is 12.0 Å². The summed E-state index contributed by atoms with van der Waals surface area (Å²) in [6.45, 7) is 0.216. The van der Waals surface area contributed by atoms with Gasteiger partial charge in [-0.15, -0.1) is 5.10 Å². The van der Waals surface area contributed by atoms with Crippen LogP contribution in [0.4, 0.5) is 11.5 Å². The van der Waals surface area contributed by atoms with Gasteiger partial charge in [0.15, 0.2) is 11.5 Å². The molecule has 0 aliphatic rings. The lowest BCUT2D eigenvalue weighted by molar-refractivity contribution is 0.0517. The molecular weight excluding hydrogens is 450 g/mol. The first kappa shape index (κ1) is 22.5. The molecule has 1 unspecified atom stereocenters. The summed E-state index contributed by atoms with van der Waals surface area (Å²) in [5, 5.41) is 22.1. The quantitative estimate of drug-likeness (QED) is 0.354. The first-order valence-corrected chi connectivity index (χ1v) is 10.3. The van der Waals surface area contributed by atoms with Gasteiger partial charge in [-0.25, -0.2) is 9.50 Å². The standard InChI is InChI=1S/C21H22ClN7O4/c1-32-11-13(30)10-29-18(14-8-12(22)4-5-16(14)33-2)15(9-25-29)26-21(31)17-19(23)27-28-7-3-6-24-20(17)28/h3-9,13,30H,10-11H2,1-2H3,(H2,23,27)(H,26,31). The summed E-state index contributed by atoms with van der Waals surface area (Å²) in [6.07, 6.45) is 3.84. The Morgan fingerprint density at radius 1 is 1.36 bits per heavy atom. The fourth-order valence-corrected chi connectivity index (χ4v) is 3.69. The summed E-state index contributed by atoms with van der Waals surface area (Å²) < 4.78 is 13.5. The minimum absolute atomic E-state index is 0.0380. The number of hydrogen-bond donors (Lipinski definition) is 3. The van der Waals surface area contributed by atoms with Crippen molar-refractivity contribution in [2.75, 3.05) is 31.9 Å². The Bertz CT molecular complexity index is 1300. The number of rotatable bonds is 8. The number of nitrogens with one attached hydrogen (secondary N) is 1. The van der Waals surface area contributed by atoms with E-state index in [0.717, 1.165) is 0 Å². The Labute approximate surface area is 193 Å². The smallest absolute Gasteiger partial charge is 0.263 e. The topological polar surface area (TPSA) is 142 Å². The molecule has 0 bridgehead atoms. The van der Waals surface area contributed by atoms with Crippen LogP contribution < -0.4 is 15.8 Å². The van der Waals surface area contributed by atoms with E-state index in [2.05, 4.69) is 20.5 Å². The maximum Gasteiger partial charge on any atom is 0.263 e. The van der Waals surface area contributed by atoms with Gasteiger partial charge < -0.3 is 25.6 Å². The zero-order chi connectivity index (χ0) is 23.5. The van der Waals surface area contributed by atoms with E-state index >= 15 is 0 Å². The molecule has 1 amide bonds. The zero-order valence-corrected chi connectivity index (χ0v) is 18.7. The Kier molecular flexibility index (Phi) is 6.45. The molecule has 1 atom stereocenters. The van der Waals surface area contributed by atoms with Crippen molar-refractivity contribution < 1.29 is 19.4 Å². The van der Waals surface area contributed by atoms with Crippen molar-refractivity contribution in [3.05, 3.63) is 53.4 Å². The number of aliphatic hydroxyl groups is 1. The molecule has 33 heavy (non-hydrogen) atoms. The zero-order valence-electron chi connectivity index (χ0n) is 17.9. The number of anilines is 2. The average molecular weight is 472 g/mol. The molecule has 172 valence electrons. The average Bonchev–Trinajstić information content (AvgIpc) is 3.33. The maximum atomic E-state index is 13.2. The predicted molar refractivity (Wildman–Crippen MR) is 122 cm³/mol. The summed E-state index contributed by atoms with van der Waals surface area (Å²) in [6, 6.07) is 6.77. The highest BCUT2D eigenvalue weighted by molar-refractivity contribution is 6.31. The highest BCUT2D eigenvalue weighted by Gasteiger charge is 2.24.